The molecule has 0 aliphatic carbocycles. The van der Waals surface area contributed by atoms with Crippen molar-refractivity contribution in [2.45, 2.75) is 25.6 Å². The zero-order valence-electron chi connectivity index (χ0n) is 16.8. The fourth-order valence-electron chi connectivity index (χ4n) is 3.75. The van der Waals surface area contributed by atoms with Gasteiger partial charge in [0, 0.05) is 38.3 Å². The Bertz CT molecular complexity index is 888. The van der Waals surface area contributed by atoms with Gasteiger partial charge < -0.3 is 19.3 Å². The number of hydrogen-bond donors (Lipinski definition) is 0. The number of carbonyl (C=O) groups is 2. The summed E-state index contributed by atoms with van der Waals surface area (Å²) >= 11 is 3.47. The lowest BCUT2D eigenvalue weighted by Gasteiger charge is -2.35. The first-order valence-corrected chi connectivity index (χ1v) is 11.1. The minimum absolute atomic E-state index is 0.00233. The first-order chi connectivity index (χ1) is 14.6. The molecule has 2 heterocycles. The molecule has 2 aliphatic heterocycles. The summed E-state index contributed by atoms with van der Waals surface area (Å²) in [6.07, 6.45) is 1.45. The van der Waals surface area contributed by atoms with Crippen molar-refractivity contribution in [3.05, 3.63) is 64.1 Å². The first kappa shape index (κ1) is 20.9. The molecule has 4 rings (SSSR count). The minimum atomic E-state index is -0.293. The van der Waals surface area contributed by atoms with Gasteiger partial charge in [-0.05, 0) is 58.6 Å². The Balaban J connectivity index is 1.28. The van der Waals surface area contributed by atoms with Crippen molar-refractivity contribution in [1.29, 1.82) is 0 Å². The number of carbonyl (C=O) groups excluding carboxylic acids is 2. The Morgan fingerprint density at radius 3 is 2.37 bits per heavy atom. The zero-order valence-corrected chi connectivity index (χ0v) is 18.3. The van der Waals surface area contributed by atoms with Crippen LogP contribution in [0.15, 0.2) is 53.0 Å². The number of piperazine rings is 1. The van der Waals surface area contributed by atoms with Crippen LogP contribution in [0, 0.1) is 0 Å². The molecule has 0 N–H and O–H groups in total. The third kappa shape index (κ3) is 4.84. The van der Waals surface area contributed by atoms with Crippen LogP contribution in [0.3, 0.4) is 0 Å². The molecular weight excluding hydrogens is 448 g/mol. The third-order valence-electron chi connectivity index (χ3n) is 5.52. The van der Waals surface area contributed by atoms with Gasteiger partial charge in [0.2, 0.25) is 0 Å². The number of para-hydroxylation sites is 1. The lowest BCUT2D eigenvalue weighted by Crippen LogP contribution is -2.52. The molecule has 2 aromatic rings. The predicted molar refractivity (Wildman–Crippen MR) is 116 cm³/mol. The summed E-state index contributed by atoms with van der Waals surface area (Å²) in [6, 6.07) is 15.2. The lowest BCUT2D eigenvalue weighted by atomic mass is 10.1. The molecule has 1 unspecified atom stereocenters. The topological polar surface area (TPSA) is 59.1 Å². The van der Waals surface area contributed by atoms with E-state index in [-0.39, 0.29) is 17.9 Å². The van der Waals surface area contributed by atoms with Gasteiger partial charge in [0.1, 0.15) is 18.5 Å². The Hall–Kier alpha value is -2.38. The van der Waals surface area contributed by atoms with E-state index in [2.05, 4.69) is 15.9 Å². The van der Waals surface area contributed by atoms with Crippen molar-refractivity contribution in [1.82, 2.24) is 9.80 Å². The number of benzene rings is 2. The van der Waals surface area contributed by atoms with E-state index in [9.17, 15) is 9.59 Å². The van der Waals surface area contributed by atoms with Gasteiger partial charge in [0.15, 0.2) is 0 Å². The predicted octanol–water partition coefficient (Wildman–Crippen LogP) is 3.49. The van der Waals surface area contributed by atoms with E-state index in [0.717, 1.165) is 28.6 Å². The normalized spacial score (nSPS) is 19.0. The minimum Gasteiger partial charge on any atom is -0.488 e. The number of hydrogen-bond acceptors (Lipinski definition) is 4. The molecule has 2 amide bonds. The summed E-state index contributed by atoms with van der Waals surface area (Å²) in [4.78, 5) is 28.9. The van der Waals surface area contributed by atoms with Crippen LogP contribution in [0.2, 0.25) is 0 Å². The molecule has 7 heteroatoms. The van der Waals surface area contributed by atoms with E-state index in [0.29, 0.717) is 45.0 Å². The average Bonchev–Trinajstić information content (AvgIpc) is 3.33. The number of ether oxygens (including phenoxy) is 2. The van der Waals surface area contributed by atoms with Crippen molar-refractivity contribution in [3.63, 3.8) is 0 Å². The molecule has 0 bridgehead atoms. The fourth-order valence-corrected chi connectivity index (χ4v) is 4.15. The highest BCUT2D eigenvalue weighted by atomic mass is 79.9. The van der Waals surface area contributed by atoms with Crippen LogP contribution in [0.4, 0.5) is 0 Å². The maximum Gasteiger partial charge on any atom is 0.253 e. The van der Waals surface area contributed by atoms with Crippen molar-refractivity contribution in [3.8, 4) is 5.75 Å². The van der Waals surface area contributed by atoms with E-state index < -0.39 is 0 Å². The highest BCUT2D eigenvalue weighted by Gasteiger charge is 2.31. The lowest BCUT2D eigenvalue weighted by molar-refractivity contribution is -0.142. The summed E-state index contributed by atoms with van der Waals surface area (Å²) in [5.74, 6) is 0.847. The Labute approximate surface area is 184 Å². The van der Waals surface area contributed by atoms with Crippen LogP contribution in [0.5, 0.6) is 5.75 Å². The summed E-state index contributed by atoms with van der Waals surface area (Å²) in [5, 5.41) is 0. The molecule has 2 fully saturated rings. The molecule has 30 heavy (non-hydrogen) atoms. The number of amides is 2. The maximum absolute atomic E-state index is 12.8. The van der Waals surface area contributed by atoms with E-state index in [1.165, 1.54) is 0 Å². The average molecular weight is 473 g/mol. The molecule has 0 saturated carbocycles. The molecule has 158 valence electrons. The summed E-state index contributed by atoms with van der Waals surface area (Å²) in [7, 11) is 0. The van der Waals surface area contributed by atoms with Crippen LogP contribution in [-0.4, -0.2) is 60.5 Å². The Kier molecular flexibility index (Phi) is 6.69. The van der Waals surface area contributed by atoms with Crippen LogP contribution in [0.1, 0.15) is 28.8 Å². The van der Waals surface area contributed by atoms with E-state index in [1.54, 1.807) is 0 Å². The van der Waals surface area contributed by atoms with Crippen LogP contribution in [0.25, 0.3) is 0 Å². The van der Waals surface area contributed by atoms with Gasteiger partial charge in [-0.2, -0.15) is 0 Å². The third-order valence-corrected chi connectivity index (χ3v) is 6.17. The second-order valence-corrected chi connectivity index (χ2v) is 8.39. The second-order valence-electron chi connectivity index (χ2n) is 7.54. The van der Waals surface area contributed by atoms with Crippen molar-refractivity contribution >= 4 is 27.7 Å². The van der Waals surface area contributed by atoms with Crippen LogP contribution in [-0.2, 0) is 16.1 Å². The van der Waals surface area contributed by atoms with Crippen molar-refractivity contribution in [2.75, 3.05) is 32.8 Å². The SMILES string of the molecule is O=C(c1ccc(COc2ccccc2Br)cc1)N1CCN(C(=O)C2CCCO2)CC1. The number of halogens is 1. The highest BCUT2D eigenvalue weighted by molar-refractivity contribution is 9.10. The molecule has 0 radical (unpaired) electrons. The zero-order chi connectivity index (χ0) is 20.9. The van der Waals surface area contributed by atoms with Crippen molar-refractivity contribution in [2.24, 2.45) is 0 Å². The van der Waals surface area contributed by atoms with Gasteiger partial charge >= 0.3 is 0 Å². The Morgan fingerprint density at radius 2 is 1.70 bits per heavy atom. The van der Waals surface area contributed by atoms with E-state index in [4.69, 9.17) is 9.47 Å². The molecule has 6 nitrogen and oxygen atoms in total. The quantitative estimate of drug-likeness (QED) is 0.668. The first-order valence-electron chi connectivity index (χ1n) is 10.3. The maximum atomic E-state index is 12.8. The van der Waals surface area contributed by atoms with E-state index >= 15 is 0 Å². The van der Waals surface area contributed by atoms with Crippen LogP contribution < -0.4 is 4.74 Å². The molecule has 0 spiro atoms. The molecule has 2 aliphatic rings. The summed E-state index contributed by atoms with van der Waals surface area (Å²) < 4.78 is 12.2. The monoisotopic (exact) mass is 472 g/mol. The molecule has 2 aromatic carbocycles. The van der Waals surface area contributed by atoms with Gasteiger partial charge in [-0.15, -0.1) is 0 Å². The fraction of sp³-hybridized carbons (Fsp3) is 0.391. The standard InChI is InChI=1S/C23H25BrN2O4/c24-19-4-1-2-5-20(19)30-16-17-7-9-18(10-8-17)22(27)25-11-13-26(14-12-25)23(28)21-6-3-15-29-21/h1-2,4-5,7-10,21H,3,6,11-16H2. The molecule has 0 aromatic heterocycles. The van der Waals surface area contributed by atoms with Crippen LogP contribution >= 0.6 is 15.9 Å². The van der Waals surface area contributed by atoms with Gasteiger partial charge in [-0.25, -0.2) is 0 Å². The molecule has 2 saturated heterocycles. The molecule has 1 atom stereocenters. The number of nitrogens with zero attached hydrogens (tertiary/aromatic N) is 2. The Morgan fingerprint density at radius 1 is 1.00 bits per heavy atom. The second kappa shape index (κ2) is 9.62. The van der Waals surface area contributed by atoms with E-state index in [1.807, 2.05) is 58.3 Å². The van der Waals surface area contributed by atoms with Gasteiger partial charge in [0.25, 0.3) is 11.8 Å². The smallest absolute Gasteiger partial charge is 0.253 e. The highest BCUT2D eigenvalue weighted by Crippen LogP contribution is 2.25. The summed E-state index contributed by atoms with van der Waals surface area (Å²) in [5.41, 5.74) is 1.65. The van der Waals surface area contributed by atoms with Crippen molar-refractivity contribution < 1.29 is 19.1 Å². The largest absolute Gasteiger partial charge is 0.488 e. The van der Waals surface area contributed by atoms with Gasteiger partial charge in [-0.3, -0.25) is 9.59 Å². The van der Waals surface area contributed by atoms with Gasteiger partial charge in [0.05, 0.1) is 4.47 Å². The summed E-state index contributed by atoms with van der Waals surface area (Å²) in [6.45, 7) is 3.30. The molecular formula is C23H25BrN2O4. The number of rotatable bonds is 5. The van der Waals surface area contributed by atoms with Gasteiger partial charge in [-0.1, -0.05) is 24.3 Å².